The van der Waals surface area contributed by atoms with E-state index in [1.807, 2.05) is 0 Å². The summed E-state index contributed by atoms with van der Waals surface area (Å²) in [5, 5.41) is 0. The zero-order valence-electron chi connectivity index (χ0n) is 20.7. The molecule has 0 amide bonds. The second-order valence-corrected chi connectivity index (χ2v) is 13.5. The Morgan fingerprint density at radius 1 is 0.941 bits per heavy atom. The van der Waals surface area contributed by atoms with Gasteiger partial charge < -0.3 is 9.47 Å². The van der Waals surface area contributed by atoms with E-state index >= 15 is 0 Å². The van der Waals surface area contributed by atoms with Crippen LogP contribution in [0, 0.1) is 52.8 Å². The first kappa shape index (κ1) is 23.2. The molecule has 7 rings (SSSR count). The van der Waals surface area contributed by atoms with Crippen molar-refractivity contribution in [2.75, 3.05) is 6.61 Å². The van der Waals surface area contributed by atoms with Gasteiger partial charge in [0.2, 0.25) is 0 Å². The van der Waals surface area contributed by atoms with E-state index in [0.717, 1.165) is 55.8 Å². The summed E-state index contributed by atoms with van der Waals surface area (Å²) in [5.74, 6) is 0.526. The van der Waals surface area contributed by atoms with Crippen LogP contribution < -0.4 is 0 Å². The van der Waals surface area contributed by atoms with Crippen LogP contribution in [0.4, 0.5) is 8.78 Å². The van der Waals surface area contributed by atoms with Crippen molar-refractivity contribution in [1.29, 1.82) is 0 Å². The average Bonchev–Trinajstić information content (AvgIpc) is 3.41. The average molecular weight is 479 g/mol. The van der Waals surface area contributed by atoms with Gasteiger partial charge in [0.15, 0.2) is 0 Å². The standard InChI is InChI=1S/C28H40F2O4/c1-3-16-5-21-19-7-20(22(8-19)23(21)6-16)9-24(31)34-28-12-17-4-18(13-28)11-27(10-17,14-28)15-33-25(32)26(2,29)30/h16-23H,3-15H2,1-2H3. The second-order valence-electron chi connectivity index (χ2n) is 13.5. The molecule has 7 aliphatic carbocycles. The number of alkyl halides is 2. The number of carbonyl (C=O) groups is 2. The van der Waals surface area contributed by atoms with Gasteiger partial charge in [0.1, 0.15) is 5.60 Å². The number of rotatable bonds is 7. The predicted octanol–water partition coefficient (Wildman–Crippen LogP) is 6.17. The van der Waals surface area contributed by atoms with Crippen LogP contribution in [0.3, 0.4) is 0 Å². The summed E-state index contributed by atoms with van der Waals surface area (Å²) in [6, 6.07) is 0. The largest absolute Gasteiger partial charge is 0.461 e. The van der Waals surface area contributed by atoms with E-state index in [1.165, 1.54) is 32.1 Å². The van der Waals surface area contributed by atoms with Crippen molar-refractivity contribution in [2.24, 2.45) is 52.8 Å². The lowest BCUT2D eigenvalue weighted by atomic mass is 9.48. The highest BCUT2D eigenvalue weighted by Crippen LogP contribution is 2.65. The highest BCUT2D eigenvalue weighted by molar-refractivity contribution is 5.77. The third-order valence-corrected chi connectivity index (χ3v) is 11.0. The van der Waals surface area contributed by atoms with E-state index in [1.54, 1.807) is 0 Å². The molecule has 7 saturated carbocycles. The highest BCUT2D eigenvalue weighted by Gasteiger charge is 2.61. The van der Waals surface area contributed by atoms with Crippen LogP contribution in [-0.4, -0.2) is 30.1 Å². The van der Waals surface area contributed by atoms with Gasteiger partial charge in [-0.2, -0.15) is 8.78 Å². The number of fused-ring (bicyclic) bond motifs is 5. The van der Waals surface area contributed by atoms with Gasteiger partial charge in [0.05, 0.1) is 6.61 Å². The van der Waals surface area contributed by atoms with E-state index in [0.29, 0.717) is 43.4 Å². The Bertz CT molecular complexity index is 836. The number of hydrogen-bond donors (Lipinski definition) is 0. The number of ether oxygens (including phenoxy) is 2. The van der Waals surface area contributed by atoms with Crippen LogP contribution in [0.5, 0.6) is 0 Å². The molecule has 8 atom stereocenters. The number of hydrogen-bond acceptors (Lipinski definition) is 4. The molecule has 0 N–H and O–H groups in total. The van der Waals surface area contributed by atoms with Gasteiger partial charge in [0, 0.05) is 18.8 Å². The fourth-order valence-electron chi connectivity index (χ4n) is 10.4. The summed E-state index contributed by atoms with van der Waals surface area (Å²) in [5.41, 5.74) is -0.799. The maximum absolute atomic E-state index is 13.4. The van der Waals surface area contributed by atoms with Crippen molar-refractivity contribution >= 4 is 11.9 Å². The molecule has 0 aromatic heterocycles. The van der Waals surface area contributed by atoms with Crippen LogP contribution in [0.1, 0.15) is 90.9 Å². The van der Waals surface area contributed by atoms with Crippen molar-refractivity contribution < 1.29 is 27.8 Å². The van der Waals surface area contributed by atoms with E-state index in [4.69, 9.17) is 9.47 Å². The minimum absolute atomic E-state index is 0.0234. The van der Waals surface area contributed by atoms with Crippen molar-refractivity contribution in [2.45, 2.75) is 102 Å². The third-order valence-electron chi connectivity index (χ3n) is 11.0. The third kappa shape index (κ3) is 3.89. The molecule has 8 unspecified atom stereocenters. The summed E-state index contributed by atoms with van der Waals surface area (Å²) < 4.78 is 38.2. The molecule has 0 aliphatic heterocycles. The highest BCUT2D eigenvalue weighted by atomic mass is 19.3. The molecule has 6 heteroatoms. The van der Waals surface area contributed by atoms with Crippen LogP contribution in [0.25, 0.3) is 0 Å². The maximum atomic E-state index is 13.4. The predicted molar refractivity (Wildman–Crippen MR) is 122 cm³/mol. The van der Waals surface area contributed by atoms with Gasteiger partial charge >= 0.3 is 17.9 Å². The minimum atomic E-state index is -3.47. The minimum Gasteiger partial charge on any atom is -0.461 e. The monoisotopic (exact) mass is 478 g/mol. The van der Waals surface area contributed by atoms with Crippen LogP contribution in [0.15, 0.2) is 0 Å². The molecular formula is C28H40F2O4. The van der Waals surface area contributed by atoms with Crippen molar-refractivity contribution in [3.63, 3.8) is 0 Å². The van der Waals surface area contributed by atoms with Crippen molar-refractivity contribution in [3.05, 3.63) is 0 Å². The van der Waals surface area contributed by atoms with Gasteiger partial charge in [-0.15, -0.1) is 0 Å². The Hall–Kier alpha value is -1.20. The van der Waals surface area contributed by atoms with Gasteiger partial charge in [0.25, 0.3) is 0 Å². The number of halogens is 2. The molecule has 0 spiro atoms. The van der Waals surface area contributed by atoms with Gasteiger partial charge in [-0.3, -0.25) is 4.79 Å². The Morgan fingerprint density at radius 3 is 2.32 bits per heavy atom. The van der Waals surface area contributed by atoms with Crippen molar-refractivity contribution in [1.82, 2.24) is 0 Å². The molecule has 6 bridgehead atoms. The molecule has 0 radical (unpaired) electrons. The molecule has 7 aliphatic rings. The Labute approximate surface area is 201 Å². The molecular weight excluding hydrogens is 438 g/mol. The van der Waals surface area contributed by atoms with Crippen LogP contribution >= 0.6 is 0 Å². The smallest absolute Gasteiger partial charge is 0.376 e. The SMILES string of the molecule is CCC1CC2C3CC(CC(=O)OC45CC6CC(CC(COC(=O)C(C)(F)F)(C6)C4)C5)C(C3)C2C1. The van der Waals surface area contributed by atoms with Gasteiger partial charge in [-0.1, -0.05) is 13.3 Å². The molecule has 0 heterocycles. The molecule has 0 saturated heterocycles. The van der Waals surface area contributed by atoms with E-state index < -0.39 is 17.5 Å². The van der Waals surface area contributed by atoms with Gasteiger partial charge in [-0.25, -0.2) is 4.79 Å². The quantitative estimate of drug-likeness (QED) is 0.411. The maximum Gasteiger partial charge on any atom is 0.376 e. The van der Waals surface area contributed by atoms with Crippen LogP contribution in [0.2, 0.25) is 0 Å². The summed E-state index contributed by atoms with van der Waals surface area (Å²) in [6.45, 7) is 2.93. The normalized spacial score (nSPS) is 48.2. The Balaban J connectivity index is 1.09. The fraction of sp³-hybridized carbons (Fsp3) is 0.929. The Kier molecular flexibility index (Phi) is 5.39. The molecule has 0 aromatic rings. The molecule has 7 fully saturated rings. The van der Waals surface area contributed by atoms with E-state index in [9.17, 15) is 18.4 Å². The van der Waals surface area contributed by atoms with E-state index in [2.05, 4.69) is 6.92 Å². The summed E-state index contributed by atoms with van der Waals surface area (Å²) in [7, 11) is 0. The molecule has 190 valence electrons. The first-order valence-electron chi connectivity index (χ1n) is 13.8. The summed E-state index contributed by atoms with van der Waals surface area (Å²) in [4.78, 5) is 25.0. The number of carbonyl (C=O) groups excluding carboxylic acids is 2. The fourth-order valence-corrected chi connectivity index (χ4v) is 10.4. The lowest BCUT2D eigenvalue weighted by Gasteiger charge is -2.60. The zero-order chi connectivity index (χ0) is 23.9. The van der Waals surface area contributed by atoms with Crippen molar-refractivity contribution in [3.8, 4) is 0 Å². The summed E-state index contributed by atoms with van der Waals surface area (Å²) in [6.07, 6.45) is 12.4. The second kappa shape index (κ2) is 7.90. The summed E-state index contributed by atoms with van der Waals surface area (Å²) >= 11 is 0. The lowest BCUT2D eigenvalue weighted by molar-refractivity contribution is -0.215. The van der Waals surface area contributed by atoms with Crippen LogP contribution in [-0.2, 0) is 19.1 Å². The zero-order valence-corrected chi connectivity index (χ0v) is 20.7. The van der Waals surface area contributed by atoms with Gasteiger partial charge in [-0.05, 0) is 112 Å². The molecule has 34 heavy (non-hydrogen) atoms. The number of esters is 2. The topological polar surface area (TPSA) is 52.6 Å². The first-order valence-corrected chi connectivity index (χ1v) is 13.8. The molecule has 4 nitrogen and oxygen atoms in total. The Morgan fingerprint density at radius 2 is 1.65 bits per heavy atom. The van der Waals surface area contributed by atoms with E-state index in [-0.39, 0.29) is 18.0 Å². The molecule has 0 aromatic carbocycles. The lowest BCUT2D eigenvalue weighted by Crippen LogP contribution is -2.59. The first-order chi connectivity index (χ1) is 16.1.